The van der Waals surface area contributed by atoms with Crippen molar-refractivity contribution < 1.29 is 13.2 Å². The number of nitrogens with zero attached hydrogens (tertiary/aromatic N) is 2. The van der Waals surface area contributed by atoms with Crippen LogP contribution in [0, 0.1) is 0 Å². The van der Waals surface area contributed by atoms with E-state index in [4.69, 9.17) is 10.5 Å². The van der Waals surface area contributed by atoms with Gasteiger partial charge in [-0.15, -0.1) is 0 Å². The molecule has 0 unspecified atom stereocenters. The van der Waals surface area contributed by atoms with Gasteiger partial charge in [-0.05, 0) is 6.42 Å². The minimum atomic E-state index is -2.93. The van der Waals surface area contributed by atoms with Gasteiger partial charge in [-0.1, -0.05) is 0 Å². The van der Waals surface area contributed by atoms with Gasteiger partial charge >= 0.3 is 0 Å². The molecule has 0 spiro atoms. The first-order valence-electron chi connectivity index (χ1n) is 5.00. The van der Waals surface area contributed by atoms with Crippen molar-refractivity contribution in [2.24, 2.45) is 0 Å². The average molecular weight is 260 g/mol. The zero-order valence-electron chi connectivity index (χ0n) is 9.80. The van der Waals surface area contributed by atoms with Crippen LogP contribution in [0.5, 0.6) is 5.88 Å². The van der Waals surface area contributed by atoms with Crippen molar-refractivity contribution in [3.63, 3.8) is 0 Å². The molecule has 0 radical (unpaired) electrons. The van der Waals surface area contributed by atoms with E-state index in [9.17, 15) is 8.42 Å². The molecule has 0 aromatic carbocycles. The molecule has 0 bridgehead atoms. The van der Waals surface area contributed by atoms with Gasteiger partial charge in [-0.2, -0.15) is 4.98 Å². The summed E-state index contributed by atoms with van der Waals surface area (Å²) in [6, 6.07) is 0. The van der Waals surface area contributed by atoms with Crippen molar-refractivity contribution >= 4 is 21.3 Å². The molecule has 7 nitrogen and oxygen atoms in total. The van der Waals surface area contributed by atoms with Crippen LogP contribution in [-0.2, 0) is 9.84 Å². The summed E-state index contributed by atoms with van der Waals surface area (Å²) in [7, 11) is -1.47. The molecule has 0 saturated carbocycles. The van der Waals surface area contributed by atoms with Gasteiger partial charge < -0.3 is 15.8 Å². The summed E-state index contributed by atoms with van der Waals surface area (Å²) >= 11 is 0. The topological polar surface area (TPSA) is 107 Å². The molecule has 1 aromatic heterocycles. The SMILES string of the molecule is COc1ncnc(NCCCS(C)(=O)=O)c1N. The number of ether oxygens (including phenoxy) is 1. The molecule has 0 fully saturated rings. The maximum Gasteiger partial charge on any atom is 0.242 e. The molecule has 96 valence electrons. The molecule has 0 aliphatic heterocycles. The van der Waals surface area contributed by atoms with Crippen LogP contribution in [0.25, 0.3) is 0 Å². The van der Waals surface area contributed by atoms with Crippen molar-refractivity contribution in [2.45, 2.75) is 6.42 Å². The molecule has 8 heteroatoms. The van der Waals surface area contributed by atoms with Gasteiger partial charge in [0, 0.05) is 12.8 Å². The third kappa shape index (κ3) is 4.43. The van der Waals surface area contributed by atoms with E-state index in [1.165, 1.54) is 19.7 Å². The highest BCUT2D eigenvalue weighted by Gasteiger charge is 2.08. The number of hydrogen-bond donors (Lipinski definition) is 2. The van der Waals surface area contributed by atoms with E-state index in [1.54, 1.807) is 0 Å². The zero-order chi connectivity index (χ0) is 12.9. The van der Waals surface area contributed by atoms with Crippen LogP contribution in [0.3, 0.4) is 0 Å². The first kappa shape index (κ1) is 13.5. The van der Waals surface area contributed by atoms with E-state index in [2.05, 4.69) is 15.3 Å². The van der Waals surface area contributed by atoms with Gasteiger partial charge in [-0.25, -0.2) is 13.4 Å². The Balaban J connectivity index is 2.52. The lowest BCUT2D eigenvalue weighted by Gasteiger charge is -2.09. The summed E-state index contributed by atoms with van der Waals surface area (Å²) in [4.78, 5) is 7.77. The van der Waals surface area contributed by atoms with Crippen molar-refractivity contribution in [3.8, 4) is 5.88 Å². The van der Waals surface area contributed by atoms with Gasteiger partial charge in [0.2, 0.25) is 5.88 Å². The number of nitrogens with one attached hydrogen (secondary N) is 1. The number of anilines is 2. The Kier molecular flexibility index (Phi) is 4.50. The second kappa shape index (κ2) is 5.67. The predicted octanol–water partition coefficient (Wildman–Crippen LogP) is -0.0860. The van der Waals surface area contributed by atoms with Gasteiger partial charge in [0.05, 0.1) is 12.9 Å². The number of aromatic nitrogens is 2. The Morgan fingerprint density at radius 1 is 1.47 bits per heavy atom. The maximum atomic E-state index is 10.9. The molecule has 0 saturated heterocycles. The first-order valence-corrected chi connectivity index (χ1v) is 7.06. The third-order valence-corrected chi connectivity index (χ3v) is 3.06. The number of nitrogen functional groups attached to an aromatic ring is 1. The summed E-state index contributed by atoms with van der Waals surface area (Å²) in [5.41, 5.74) is 6.05. The van der Waals surface area contributed by atoms with Gasteiger partial charge in [0.1, 0.15) is 21.9 Å². The predicted molar refractivity (Wildman–Crippen MR) is 65.8 cm³/mol. The highest BCUT2D eigenvalue weighted by molar-refractivity contribution is 7.90. The minimum Gasteiger partial charge on any atom is -0.479 e. The lowest BCUT2D eigenvalue weighted by Crippen LogP contribution is -2.12. The van der Waals surface area contributed by atoms with Crippen molar-refractivity contribution in [1.29, 1.82) is 0 Å². The summed E-state index contributed by atoms with van der Waals surface area (Å²) in [6.07, 6.45) is 3.02. The molecule has 0 aliphatic rings. The third-order valence-electron chi connectivity index (χ3n) is 2.03. The second-order valence-electron chi connectivity index (χ2n) is 3.56. The number of hydrogen-bond acceptors (Lipinski definition) is 7. The molecule has 17 heavy (non-hydrogen) atoms. The van der Waals surface area contributed by atoms with Gasteiger partial charge in [0.15, 0.2) is 5.82 Å². The first-order chi connectivity index (χ1) is 7.94. The molecule has 1 aromatic rings. The van der Waals surface area contributed by atoms with Crippen LogP contribution in [0.15, 0.2) is 6.33 Å². The van der Waals surface area contributed by atoms with E-state index in [1.807, 2.05) is 0 Å². The monoisotopic (exact) mass is 260 g/mol. The van der Waals surface area contributed by atoms with Gasteiger partial charge in [0.25, 0.3) is 0 Å². The fraction of sp³-hybridized carbons (Fsp3) is 0.556. The number of nitrogens with two attached hydrogens (primary N) is 1. The fourth-order valence-corrected chi connectivity index (χ4v) is 1.89. The van der Waals surface area contributed by atoms with Crippen molar-refractivity contribution in [3.05, 3.63) is 6.33 Å². The number of rotatable bonds is 6. The largest absolute Gasteiger partial charge is 0.479 e. The Morgan fingerprint density at radius 3 is 2.76 bits per heavy atom. The highest BCUT2D eigenvalue weighted by Crippen LogP contribution is 2.23. The van der Waals surface area contributed by atoms with Crippen LogP contribution in [0.1, 0.15) is 6.42 Å². The number of methoxy groups -OCH3 is 1. The minimum absolute atomic E-state index is 0.127. The normalized spacial score (nSPS) is 11.2. The average Bonchev–Trinajstić information content (AvgIpc) is 2.25. The Labute approximate surface area is 100 Å². The lowest BCUT2D eigenvalue weighted by molar-refractivity contribution is 0.399. The molecule has 1 heterocycles. The Morgan fingerprint density at radius 2 is 2.18 bits per heavy atom. The van der Waals surface area contributed by atoms with E-state index in [-0.39, 0.29) is 5.75 Å². The quantitative estimate of drug-likeness (QED) is 0.688. The molecule has 0 aliphatic carbocycles. The summed E-state index contributed by atoms with van der Waals surface area (Å²) in [6.45, 7) is 0.470. The van der Waals surface area contributed by atoms with Crippen LogP contribution in [0.2, 0.25) is 0 Å². The molecular formula is C9H16N4O3S. The smallest absolute Gasteiger partial charge is 0.242 e. The van der Waals surface area contributed by atoms with E-state index in [0.29, 0.717) is 30.4 Å². The molecule has 3 N–H and O–H groups in total. The van der Waals surface area contributed by atoms with Crippen LogP contribution < -0.4 is 15.8 Å². The van der Waals surface area contributed by atoms with E-state index >= 15 is 0 Å². The van der Waals surface area contributed by atoms with Crippen molar-refractivity contribution in [1.82, 2.24) is 9.97 Å². The molecule has 0 amide bonds. The standard InChI is InChI=1S/C9H16N4O3S/c1-16-9-7(10)8(12-6-13-9)11-4-3-5-17(2,14)15/h6H,3-5,10H2,1-2H3,(H,11,12,13). The van der Waals surface area contributed by atoms with Crippen LogP contribution in [-0.4, -0.2) is 44.0 Å². The molecular weight excluding hydrogens is 244 g/mol. The van der Waals surface area contributed by atoms with Crippen LogP contribution in [0.4, 0.5) is 11.5 Å². The lowest BCUT2D eigenvalue weighted by atomic mass is 10.4. The molecule has 1 rings (SSSR count). The highest BCUT2D eigenvalue weighted by atomic mass is 32.2. The van der Waals surface area contributed by atoms with Crippen LogP contribution >= 0.6 is 0 Å². The molecule has 0 atom stereocenters. The van der Waals surface area contributed by atoms with E-state index < -0.39 is 9.84 Å². The van der Waals surface area contributed by atoms with E-state index in [0.717, 1.165) is 0 Å². The van der Waals surface area contributed by atoms with Crippen molar-refractivity contribution in [2.75, 3.05) is 36.7 Å². The van der Waals surface area contributed by atoms with Gasteiger partial charge in [-0.3, -0.25) is 0 Å². The Bertz CT molecular complexity index is 475. The fourth-order valence-electron chi connectivity index (χ4n) is 1.22. The number of sulfone groups is 1. The maximum absolute atomic E-state index is 10.9. The Hall–Kier alpha value is -1.57. The second-order valence-corrected chi connectivity index (χ2v) is 5.82. The summed E-state index contributed by atoms with van der Waals surface area (Å²) < 4.78 is 26.8. The summed E-state index contributed by atoms with van der Waals surface area (Å²) in [5, 5.41) is 2.94. The summed E-state index contributed by atoms with van der Waals surface area (Å²) in [5.74, 6) is 0.873. The zero-order valence-corrected chi connectivity index (χ0v) is 10.6.